The number of carbonyl (C=O) groups excluding carboxylic acids is 4. The summed E-state index contributed by atoms with van der Waals surface area (Å²) in [4.78, 5) is 66.2. The molecule has 4 saturated carbocycles. The summed E-state index contributed by atoms with van der Waals surface area (Å²) in [6.07, 6.45) is 12.6. The van der Waals surface area contributed by atoms with Gasteiger partial charge < -0.3 is 31.2 Å². The molecule has 11 nitrogen and oxygen atoms in total. The molecule has 10 rings (SSSR count). The highest BCUT2D eigenvalue weighted by molar-refractivity contribution is 5.90. The van der Waals surface area contributed by atoms with Crippen LogP contribution in [0.25, 0.3) is 11.3 Å². The highest BCUT2D eigenvalue weighted by Gasteiger charge is 2.53. The van der Waals surface area contributed by atoms with E-state index in [1.54, 1.807) is 0 Å². The van der Waals surface area contributed by atoms with E-state index in [0.717, 1.165) is 105 Å². The first-order valence-electron chi connectivity index (χ1n) is 21.4. The van der Waals surface area contributed by atoms with Crippen LogP contribution >= 0.6 is 0 Å². The summed E-state index contributed by atoms with van der Waals surface area (Å²) in [6, 6.07) is 26.2. The molecule has 1 aromatic heterocycles. The number of imidazole rings is 1. The largest absolute Gasteiger partial charge is 0.354 e. The first-order chi connectivity index (χ1) is 28.2. The zero-order valence-electron chi connectivity index (χ0n) is 33.2. The molecule has 3 aromatic carbocycles. The van der Waals surface area contributed by atoms with Gasteiger partial charge in [0.2, 0.25) is 23.6 Å². The van der Waals surface area contributed by atoms with Crippen LogP contribution in [0.2, 0.25) is 0 Å². The number of hydrogen-bond donors (Lipinski definition) is 4. The molecule has 302 valence electrons. The second kappa shape index (κ2) is 15.8. The monoisotopic (exact) mass is 781 g/mol. The summed E-state index contributed by atoms with van der Waals surface area (Å²) in [5.74, 6) is 0.697. The number of carbonyl (C=O) groups is 4. The van der Waals surface area contributed by atoms with Crippen LogP contribution in [0.5, 0.6) is 0 Å². The molecule has 6 aliphatic rings. The van der Waals surface area contributed by atoms with E-state index >= 15 is 0 Å². The second-order valence-corrected chi connectivity index (χ2v) is 17.6. The van der Waals surface area contributed by atoms with Gasteiger partial charge in [0.05, 0.1) is 17.9 Å². The smallest absolute Gasteiger partial charge is 0.250 e. The van der Waals surface area contributed by atoms with Gasteiger partial charge in [-0.1, -0.05) is 84.9 Å². The van der Waals surface area contributed by atoms with E-state index in [1.807, 2.05) is 76.7 Å². The van der Waals surface area contributed by atoms with Crippen molar-refractivity contribution >= 4 is 23.6 Å². The number of benzene rings is 3. The summed E-state index contributed by atoms with van der Waals surface area (Å²) >= 11 is 0. The third-order valence-electron chi connectivity index (χ3n) is 14.2. The van der Waals surface area contributed by atoms with Gasteiger partial charge in [-0.2, -0.15) is 0 Å². The maximum absolute atomic E-state index is 14.1. The van der Waals surface area contributed by atoms with Gasteiger partial charge in [0.1, 0.15) is 17.9 Å². The molecule has 2 saturated heterocycles. The molecule has 0 spiro atoms. The van der Waals surface area contributed by atoms with Crippen LogP contribution in [-0.2, 0) is 24.6 Å². The molecule has 4 atom stereocenters. The average molecular weight is 782 g/mol. The number of H-pyrrole nitrogens is 1. The zero-order chi connectivity index (χ0) is 39.9. The topological polar surface area (TPSA) is 154 Å². The first kappa shape index (κ1) is 38.2. The normalized spacial score (nSPS) is 26.3. The van der Waals surface area contributed by atoms with E-state index < -0.39 is 12.1 Å². The molecular weight excluding hydrogens is 727 g/mol. The van der Waals surface area contributed by atoms with Crippen LogP contribution in [0.15, 0.2) is 91.1 Å². The quantitative estimate of drug-likeness (QED) is 0.130. The number of rotatable bonds is 12. The van der Waals surface area contributed by atoms with Gasteiger partial charge >= 0.3 is 0 Å². The molecule has 3 heterocycles. The van der Waals surface area contributed by atoms with E-state index in [9.17, 15) is 19.2 Å². The molecule has 58 heavy (non-hydrogen) atoms. The molecule has 6 fully saturated rings. The summed E-state index contributed by atoms with van der Waals surface area (Å²) in [7, 11) is 0. The molecule has 11 heteroatoms. The van der Waals surface area contributed by atoms with Crippen molar-refractivity contribution in [1.29, 1.82) is 0 Å². The molecule has 4 aliphatic carbocycles. The van der Waals surface area contributed by atoms with Gasteiger partial charge in [-0.25, -0.2) is 4.98 Å². The minimum atomic E-state index is -0.722. The molecule has 2 bridgehead atoms. The number of nitrogens with zero attached hydrogens (tertiary/aromatic N) is 3. The fraction of sp³-hybridized carbons (Fsp3) is 0.468. The lowest BCUT2D eigenvalue weighted by molar-refractivity contribution is -0.139. The third-order valence-corrected chi connectivity index (χ3v) is 14.2. The Morgan fingerprint density at radius 2 is 1.40 bits per heavy atom. The van der Waals surface area contributed by atoms with Crippen LogP contribution in [0.1, 0.15) is 118 Å². The highest BCUT2D eigenvalue weighted by atomic mass is 16.2. The van der Waals surface area contributed by atoms with Crippen molar-refractivity contribution in [2.75, 3.05) is 19.6 Å². The van der Waals surface area contributed by atoms with Crippen molar-refractivity contribution in [1.82, 2.24) is 30.4 Å². The van der Waals surface area contributed by atoms with Crippen molar-refractivity contribution in [2.45, 2.75) is 107 Å². The molecule has 4 aromatic rings. The fourth-order valence-electron chi connectivity index (χ4n) is 10.4. The number of nitrogens with two attached hydrogens (primary N) is 1. The molecule has 5 N–H and O–H groups in total. The number of aromatic amines is 1. The number of nitrogens with one attached hydrogen (secondary N) is 3. The first-order valence-corrected chi connectivity index (χ1v) is 21.4. The molecular formula is C47H55N7O4. The van der Waals surface area contributed by atoms with Crippen LogP contribution < -0.4 is 16.4 Å². The Labute approximate surface area is 340 Å². The van der Waals surface area contributed by atoms with E-state index in [4.69, 9.17) is 10.7 Å². The molecule has 2 aliphatic heterocycles. The van der Waals surface area contributed by atoms with Gasteiger partial charge in [0, 0.05) is 37.0 Å². The Morgan fingerprint density at radius 1 is 0.759 bits per heavy atom. The standard InChI is InChI=1S/C47H55N7O4/c48-39(32-9-3-1-4-10-32)43(56)53-27-7-13-36(53)29-50-45(58)47-24-21-46(22-25-47,23-26-47)35-19-17-31(18-20-35)37-30-49-41(51-37)38-14-8-28-54(38)44(57)40(33-11-5-2-6-12-33)52-42(55)34-15-16-34/h1-6,9-12,17-20,30,34,36,38-40H,7-8,13-16,21-29,48H2,(H,49,51)(H,50,58)(H,52,55)/t36-,38-,39+,40+,46?,47?/m0/s1. The zero-order valence-corrected chi connectivity index (χ0v) is 33.2. The minimum absolute atomic E-state index is 0.00775. The maximum atomic E-state index is 14.1. The molecule has 0 unspecified atom stereocenters. The molecule has 0 radical (unpaired) electrons. The van der Waals surface area contributed by atoms with Gasteiger partial charge in [-0.15, -0.1) is 0 Å². The number of aromatic nitrogens is 2. The Balaban J connectivity index is 0.812. The Kier molecular flexibility index (Phi) is 10.4. The van der Waals surface area contributed by atoms with E-state index in [1.165, 1.54) is 5.56 Å². The lowest BCUT2D eigenvalue weighted by atomic mass is 9.51. The Morgan fingerprint density at radius 3 is 2.07 bits per heavy atom. The summed E-state index contributed by atoms with van der Waals surface area (Å²) in [6.45, 7) is 1.76. The van der Waals surface area contributed by atoms with E-state index in [-0.39, 0.29) is 52.5 Å². The van der Waals surface area contributed by atoms with Crippen molar-refractivity contribution in [3.05, 3.63) is 114 Å². The van der Waals surface area contributed by atoms with Crippen molar-refractivity contribution in [2.24, 2.45) is 17.1 Å². The molecule has 4 amide bonds. The number of hydrogen-bond acceptors (Lipinski definition) is 6. The lowest BCUT2D eigenvalue weighted by Crippen LogP contribution is -2.54. The Bertz CT molecular complexity index is 2110. The SMILES string of the molecule is N[C@@H](C(=O)N1CCC[C@H]1CNC(=O)C12CCC(c3ccc(-c4cnc([C@@H]5CCCN5C(=O)[C@H](NC(=O)C5CC5)c5ccccc5)[nH]4)cc3)(CC1)CC2)c1ccccc1. The van der Waals surface area contributed by atoms with Crippen molar-refractivity contribution in [3.63, 3.8) is 0 Å². The van der Waals surface area contributed by atoms with Gasteiger partial charge in [0.25, 0.3) is 0 Å². The lowest BCUT2D eigenvalue weighted by Gasteiger charge is -2.53. The predicted molar refractivity (Wildman–Crippen MR) is 221 cm³/mol. The van der Waals surface area contributed by atoms with E-state index in [2.05, 4.69) is 39.9 Å². The van der Waals surface area contributed by atoms with Crippen LogP contribution in [0, 0.1) is 11.3 Å². The Hall–Kier alpha value is -5.29. The number of amides is 4. The van der Waals surface area contributed by atoms with Gasteiger partial charge in [0.15, 0.2) is 0 Å². The van der Waals surface area contributed by atoms with Crippen LogP contribution in [0.3, 0.4) is 0 Å². The number of fused-ring (bicyclic) bond motifs is 3. The number of likely N-dealkylation sites (tertiary alicyclic amines) is 2. The summed E-state index contributed by atoms with van der Waals surface area (Å²) in [5, 5.41) is 6.35. The van der Waals surface area contributed by atoms with Crippen molar-refractivity contribution < 1.29 is 19.2 Å². The summed E-state index contributed by atoms with van der Waals surface area (Å²) < 4.78 is 0. The average Bonchev–Trinajstić information content (AvgIpc) is 3.59. The predicted octanol–water partition coefficient (Wildman–Crippen LogP) is 6.41. The van der Waals surface area contributed by atoms with Gasteiger partial charge in [-0.05, 0) is 105 Å². The van der Waals surface area contributed by atoms with E-state index in [0.29, 0.717) is 19.6 Å². The second-order valence-electron chi connectivity index (χ2n) is 17.6. The maximum Gasteiger partial charge on any atom is 0.250 e. The fourth-order valence-corrected chi connectivity index (χ4v) is 10.4. The third kappa shape index (κ3) is 7.33. The van der Waals surface area contributed by atoms with Crippen LogP contribution in [-0.4, -0.2) is 69.1 Å². The van der Waals surface area contributed by atoms with Gasteiger partial charge in [-0.3, -0.25) is 19.2 Å². The van der Waals surface area contributed by atoms with Crippen LogP contribution in [0.4, 0.5) is 0 Å². The minimum Gasteiger partial charge on any atom is -0.354 e. The highest BCUT2D eigenvalue weighted by Crippen LogP contribution is 2.58. The van der Waals surface area contributed by atoms with Crippen molar-refractivity contribution in [3.8, 4) is 11.3 Å². The summed E-state index contributed by atoms with van der Waals surface area (Å²) in [5.41, 5.74) is 11.0.